The van der Waals surface area contributed by atoms with Crippen LogP contribution in [-0.2, 0) is 11.0 Å². The fraction of sp³-hybridized carbons (Fsp3) is 0.467. The third-order valence-corrected chi connectivity index (χ3v) is 23.3. The summed E-state index contributed by atoms with van der Waals surface area (Å²) in [7, 11) is 3.76. The fourth-order valence-electron chi connectivity index (χ4n) is 16.2. The number of rotatable bonds is 11. The Kier molecular flexibility index (Phi) is 10.7. The van der Waals surface area contributed by atoms with Gasteiger partial charge in [0.05, 0.1) is 25.0 Å². The zero-order chi connectivity index (χ0) is 45.1. The van der Waals surface area contributed by atoms with Crippen molar-refractivity contribution < 1.29 is 13.7 Å². The second kappa shape index (κ2) is 16.3. The average Bonchev–Trinajstić information content (AvgIpc) is 3.29. The molecule has 14 rings (SSSR count). The summed E-state index contributed by atoms with van der Waals surface area (Å²) < 4.78 is 29.9. The van der Waals surface area contributed by atoms with Gasteiger partial charge in [0.25, 0.3) is 0 Å². The largest absolute Gasteiger partial charge is 0.493 e. The summed E-state index contributed by atoms with van der Waals surface area (Å²) in [6, 6.07) is 42.9. The minimum absolute atomic E-state index is 0.315. The number of methoxy groups -OCH3 is 2. The van der Waals surface area contributed by atoms with E-state index in [1.54, 1.807) is 7.11 Å². The summed E-state index contributed by atoms with van der Waals surface area (Å²) in [4.78, 5) is 0. The first-order valence-corrected chi connectivity index (χ1v) is 27.7. The van der Waals surface area contributed by atoms with Gasteiger partial charge >= 0.3 is 0 Å². The molecule has 0 aliphatic heterocycles. The highest BCUT2D eigenvalue weighted by atomic mass is 32.2. The molecule has 8 aliphatic rings. The number of hydrogen-bond acceptors (Lipinski definition) is 3. The van der Waals surface area contributed by atoms with E-state index in [-0.39, 0.29) is 6.04 Å². The third kappa shape index (κ3) is 7.22. The van der Waals surface area contributed by atoms with Crippen LogP contribution in [0.15, 0.2) is 115 Å². The molecule has 6 aromatic rings. The summed E-state index contributed by atoms with van der Waals surface area (Å²) in [6.45, 7) is 6.41. The molecule has 4 nitrogen and oxygen atoms in total. The zero-order valence-electron chi connectivity index (χ0n) is 40.0. The van der Waals surface area contributed by atoms with Gasteiger partial charge in [-0.05, 0) is 234 Å². The number of ether oxygens (including phenoxy) is 2. The van der Waals surface area contributed by atoms with Gasteiger partial charge in [0.1, 0.15) is 11.0 Å². The summed E-state index contributed by atoms with van der Waals surface area (Å²) >= 11 is 0. The molecular formula is C60H68NO3PS. The second-order valence-corrected chi connectivity index (χ2v) is 28.4. The fourth-order valence-corrected chi connectivity index (χ4v) is 22.8. The quantitative estimate of drug-likeness (QED) is 0.122. The van der Waals surface area contributed by atoms with Crippen LogP contribution in [0, 0.1) is 35.5 Å². The molecule has 0 N–H and O–H groups in total. The topological polar surface area (TPSA) is 38.8 Å². The van der Waals surface area contributed by atoms with Crippen LogP contribution in [0.3, 0.4) is 0 Å². The molecule has 0 spiro atoms. The van der Waals surface area contributed by atoms with E-state index < -0.39 is 23.7 Å². The van der Waals surface area contributed by atoms with E-state index in [4.69, 9.17) is 9.47 Å². The maximum absolute atomic E-state index is 15.4. The molecule has 0 amide bonds. The van der Waals surface area contributed by atoms with Crippen LogP contribution in [0.25, 0.3) is 43.8 Å². The van der Waals surface area contributed by atoms with Gasteiger partial charge in [0.15, 0.2) is 11.5 Å². The number of hydrogen-bond donors (Lipinski definition) is 0. The lowest BCUT2D eigenvalue weighted by molar-refractivity contribution is 0.0195. The van der Waals surface area contributed by atoms with E-state index in [1.165, 1.54) is 137 Å². The van der Waals surface area contributed by atoms with Crippen LogP contribution >= 0.6 is 7.92 Å². The molecule has 2 unspecified atom stereocenters. The SMILES string of the molecule is COc1cc(C(c2cc(-c3cccc4ccccc34)cc(-c3cccc4ccccc34)c2)N(C)S(=O)C(C)(C)C)c(P(C23CC4CC(CC(C4)C2)C3)C23CC4CC(CC(C4)C2)C3)cc1OC. The van der Waals surface area contributed by atoms with Crippen LogP contribution in [0.1, 0.15) is 115 Å². The Morgan fingerprint density at radius 2 is 0.985 bits per heavy atom. The van der Waals surface area contributed by atoms with E-state index in [1.807, 2.05) is 7.11 Å². The number of fused-ring (bicyclic) bond motifs is 2. The molecule has 6 heteroatoms. The summed E-state index contributed by atoms with van der Waals surface area (Å²) in [5.74, 6) is 6.73. The van der Waals surface area contributed by atoms with Gasteiger partial charge in [-0.2, -0.15) is 0 Å². The minimum Gasteiger partial charge on any atom is -0.493 e. The van der Waals surface area contributed by atoms with Crippen LogP contribution in [0.2, 0.25) is 0 Å². The van der Waals surface area contributed by atoms with Crippen molar-refractivity contribution in [2.75, 3.05) is 21.3 Å². The molecule has 0 heterocycles. The van der Waals surface area contributed by atoms with Crippen LogP contribution in [0.5, 0.6) is 11.5 Å². The Morgan fingerprint density at radius 1 is 0.576 bits per heavy atom. The predicted octanol–water partition coefficient (Wildman–Crippen LogP) is 14.9. The zero-order valence-corrected chi connectivity index (χ0v) is 41.7. The van der Waals surface area contributed by atoms with Crippen molar-refractivity contribution in [2.45, 2.75) is 119 Å². The molecule has 66 heavy (non-hydrogen) atoms. The van der Waals surface area contributed by atoms with Crippen LogP contribution in [0.4, 0.5) is 0 Å². The van der Waals surface area contributed by atoms with Crippen LogP contribution < -0.4 is 14.8 Å². The maximum Gasteiger partial charge on any atom is 0.161 e. The summed E-state index contributed by atoms with van der Waals surface area (Å²) in [5.41, 5.74) is 7.24. The normalized spacial score (nSPS) is 30.0. The predicted molar refractivity (Wildman–Crippen MR) is 278 cm³/mol. The van der Waals surface area contributed by atoms with Gasteiger partial charge in [-0.15, -0.1) is 0 Å². The first-order valence-electron chi connectivity index (χ1n) is 25.2. The highest BCUT2D eigenvalue weighted by Crippen LogP contribution is 2.79. The van der Waals surface area contributed by atoms with Gasteiger partial charge < -0.3 is 9.47 Å². The van der Waals surface area contributed by atoms with Crippen molar-refractivity contribution in [3.05, 3.63) is 126 Å². The second-order valence-electron chi connectivity index (χ2n) is 23.1. The smallest absolute Gasteiger partial charge is 0.161 e. The van der Waals surface area contributed by atoms with Crippen molar-refractivity contribution >= 4 is 45.8 Å². The monoisotopic (exact) mass is 913 g/mol. The van der Waals surface area contributed by atoms with Crippen molar-refractivity contribution in [2.24, 2.45) is 35.5 Å². The highest BCUT2D eigenvalue weighted by molar-refractivity contribution is 7.84. The Hall–Kier alpha value is -4.02. The molecule has 0 aromatic heterocycles. The maximum atomic E-state index is 15.4. The molecule has 342 valence electrons. The molecule has 8 bridgehead atoms. The average molecular weight is 914 g/mol. The van der Waals surface area contributed by atoms with Gasteiger partial charge in [-0.3, -0.25) is 0 Å². The molecule has 6 aromatic carbocycles. The van der Waals surface area contributed by atoms with Crippen molar-refractivity contribution in [1.29, 1.82) is 0 Å². The molecule has 8 aliphatic carbocycles. The van der Waals surface area contributed by atoms with Gasteiger partial charge in [-0.1, -0.05) is 92.9 Å². The molecule has 8 saturated carbocycles. The molecule has 0 saturated heterocycles. The van der Waals surface area contributed by atoms with Gasteiger partial charge in [0.2, 0.25) is 0 Å². The van der Waals surface area contributed by atoms with E-state index >= 15 is 4.21 Å². The van der Waals surface area contributed by atoms with Crippen molar-refractivity contribution in [3.63, 3.8) is 0 Å². The molecule has 2 atom stereocenters. The van der Waals surface area contributed by atoms with Crippen molar-refractivity contribution in [3.8, 4) is 33.8 Å². The Bertz CT molecular complexity index is 2650. The summed E-state index contributed by atoms with van der Waals surface area (Å²) in [5, 5.41) is 7.09. The van der Waals surface area contributed by atoms with Gasteiger partial charge in [0, 0.05) is 7.05 Å². The number of benzene rings is 6. The first-order chi connectivity index (χ1) is 31.9. The van der Waals surface area contributed by atoms with Gasteiger partial charge in [-0.25, -0.2) is 8.51 Å². The lowest BCUT2D eigenvalue weighted by Gasteiger charge is -2.67. The lowest BCUT2D eigenvalue weighted by Crippen LogP contribution is -2.58. The van der Waals surface area contributed by atoms with E-state index in [0.717, 1.165) is 47.0 Å². The van der Waals surface area contributed by atoms with E-state index in [9.17, 15) is 0 Å². The first kappa shape index (κ1) is 43.3. The lowest BCUT2D eigenvalue weighted by atomic mass is 9.55. The number of nitrogens with zero attached hydrogens (tertiary/aromatic N) is 1. The minimum atomic E-state index is -1.35. The Balaban J connectivity index is 1.15. The Morgan fingerprint density at radius 3 is 1.41 bits per heavy atom. The van der Waals surface area contributed by atoms with E-state index in [0.29, 0.717) is 10.3 Å². The third-order valence-electron chi connectivity index (χ3n) is 17.7. The standard InChI is InChI=1S/C60H68NO3PS/c1-58(2,3)66(62)61(4)57(48-28-46(51-19-11-15-44-13-7-9-17-49(44)51)27-47(29-48)52-20-12-16-45-14-8-10-18-50(45)52)53-30-54(63-5)55(64-6)31-56(53)65(59-32-38-21-39(33-59)23-40(22-38)34-59)60-35-41-24-42(36-60)26-43(25-41)37-60/h7-20,27-31,38-43,57H,21-26,32-37H2,1-6H3. The van der Waals surface area contributed by atoms with Crippen LogP contribution in [-0.4, -0.2) is 44.8 Å². The Labute approximate surface area is 397 Å². The van der Waals surface area contributed by atoms with E-state index in [2.05, 4.69) is 147 Å². The highest BCUT2D eigenvalue weighted by Gasteiger charge is 2.63. The summed E-state index contributed by atoms with van der Waals surface area (Å²) in [6.07, 6.45) is 17.0. The molecule has 8 fully saturated rings. The molecule has 0 radical (unpaired) electrons. The van der Waals surface area contributed by atoms with Crippen molar-refractivity contribution in [1.82, 2.24) is 4.31 Å². The molecular weight excluding hydrogens is 846 g/mol.